The van der Waals surface area contributed by atoms with E-state index in [4.69, 9.17) is 5.11 Å². The fourth-order valence-electron chi connectivity index (χ4n) is 2.05. The van der Waals surface area contributed by atoms with Crippen molar-refractivity contribution < 1.29 is 9.90 Å². The Morgan fingerprint density at radius 1 is 1.53 bits per heavy atom. The molecule has 0 amide bonds. The molecule has 0 radical (unpaired) electrons. The summed E-state index contributed by atoms with van der Waals surface area (Å²) in [6, 6.07) is 6.20. The lowest BCUT2D eigenvalue weighted by atomic mass is 10.3. The van der Waals surface area contributed by atoms with Gasteiger partial charge in [-0.1, -0.05) is 11.8 Å². The Bertz CT molecular complexity index is 637. The van der Waals surface area contributed by atoms with Gasteiger partial charge < -0.3 is 9.67 Å². The van der Waals surface area contributed by atoms with Crippen LogP contribution in [0.15, 0.2) is 23.4 Å². The smallest absolute Gasteiger partial charge is 0.313 e. The van der Waals surface area contributed by atoms with Gasteiger partial charge in [0, 0.05) is 10.1 Å². The zero-order chi connectivity index (χ0) is 13.4. The number of aliphatic carboxylic acids is 1. The van der Waals surface area contributed by atoms with Gasteiger partial charge in [-0.2, -0.15) is 0 Å². The Balaban J connectivity index is 1.99. The van der Waals surface area contributed by atoms with Gasteiger partial charge in [0.2, 0.25) is 0 Å². The van der Waals surface area contributed by atoms with E-state index in [-0.39, 0.29) is 5.75 Å². The van der Waals surface area contributed by atoms with Gasteiger partial charge in [-0.15, -0.1) is 0 Å². The maximum Gasteiger partial charge on any atom is 0.313 e. The summed E-state index contributed by atoms with van der Waals surface area (Å²) in [5, 5.41) is 9.65. The van der Waals surface area contributed by atoms with Gasteiger partial charge in [0.05, 0.1) is 16.8 Å². The molecule has 1 fully saturated rings. The highest BCUT2D eigenvalue weighted by molar-refractivity contribution is 14.1. The number of benzene rings is 1. The van der Waals surface area contributed by atoms with E-state index in [0.29, 0.717) is 0 Å². The molecule has 100 valence electrons. The molecule has 1 aromatic heterocycles. The quantitative estimate of drug-likeness (QED) is 0.631. The number of carbonyl (C=O) groups is 1. The molecule has 0 bridgehead atoms. The van der Waals surface area contributed by atoms with Gasteiger partial charge in [0.1, 0.15) is 0 Å². The molecule has 1 aliphatic rings. The summed E-state index contributed by atoms with van der Waals surface area (Å²) >= 11 is 3.57. The van der Waals surface area contributed by atoms with Gasteiger partial charge in [0.25, 0.3) is 0 Å². The highest BCUT2D eigenvalue weighted by atomic mass is 127. The minimum Gasteiger partial charge on any atom is -0.481 e. The molecule has 1 heterocycles. The topological polar surface area (TPSA) is 55.1 Å². The van der Waals surface area contributed by atoms with Crippen LogP contribution < -0.4 is 0 Å². The van der Waals surface area contributed by atoms with Crippen molar-refractivity contribution in [3.8, 4) is 0 Å². The summed E-state index contributed by atoms with van der Waals surface area (Å²) in [5.74, 6) is -0.00379. The number of thioether (sulfide) groups is 1. The number of aromatic nitrogens is 2. The molecule has 1 aliphatic carbocycles. The van der Waals surface area contributed by atoms with Crippen molar-refractivity contribution >= 4 is 51.4 Å². The molecular formula is C13H13IN2O2S. The van der Waals surface area contributed by atoms with Crippen LogP contribution >= 0.6 is 34.4 Å². The lowest BCUT2D eigenvalue weighted by Crippen LogP contribution is -2.04. The minimum atomic E-state index is -0.801. The standard InChI is InChI=1S/C13H13IN2O2S/c14-9-3-4-11-10(5-9)15-13(19-7-12(17)18)16(11)6-8-1-2-8/h3-5,8H,1-2,6-7H2,(H,17,18). The van der Waals surface area contributed by atoms with Crippen molar-refractivity contribution in [1.82, 2.24) is 9.55 Å². The first-order chi connectivity index (χ1) is 9.13. The van der Waals surface area contributed by atoms with Crippen LogP contribution in [-0.4, -0.2) is 26.4 Å². The molecule has 1 aromatic carbocycles. The minimum absolute atomic E-state index is 0.0606. The van der Waals surface area contributed by atoms with Crippen molar-refractivity contribution in [3.05, 3.63) is 21.8 Å². The number of halogens is 1. The van der Waals surface area contributed by atoms with Crippen molar-refractivity contribution in [2.45, 2.75) is 24.5 Å². The fourth-order valence-corrected chi connectivity index (χ4v) is 3.27. The SMILES string of the molecule is O=C(O)CSc1nc2cc(I)ccc2n1CC1CC1. The maximum absolute atomic E-state index is 10.7. The monoisotopic (exact) mass is 388 g/mol. The van der Waals surface area contributed by atoms with E-state index in [1.807, 2.05) is 6.07 Å². The van der Waals surface area contributed by atoms with Crippen LogP contribution in [0.2, 0.25) is 0 Å². The molecule has 19 heavy (non-hydrogen) atoms. The summed E-state index contributed by atoms with van der Waals surface area (Å²) in [5.41, 5.74) is 2.07. The van der Waals surface area contributed by atoms with Crippen LogP contribution in [0.3, 0.4) is 0 Å². The lowest BCUT2D eigenvalue weighted by molar-refractivity contribution is -0.133. The van der Waals surface area contributed by atoms with E-state index in [1.54, 1.807) is 0 Å². The lowest BCUT2D eigenvalue weighted by Gasteiger charge is -2.06. The zero-order valence-corrected chi connectivity index (χ0v) is 13.1. The summed E-state index contributed by atoms with van der Waals surface area (Å²) in [6.45, 7) is 0.957. The molecule has 3 rings (SSSR count). The first-order valence-electron chi connectivity index (χ1n) is 6.14. The molecule has 0 saturated heterocycles. The molecule has 4 nitrogen and oxygen atoms in total. The summed E-state index contributed by atoms with van der Waals surface area (Å²) < 4.78 is 3.33. The van der Waals surface area contributed by atoms with E-state index in [9.17, 15) is 4.79 Å². The van der Waals surface area contributed by atoms with Crippen molar-refractivity contribution in [2.75, 3.05) is 5.75 Å². The average Bonchev–Trinajstić information content (AvgIpc) is 3.10. The second-order valence-electron chi connectivity index (χ2n) is 4.76. The van der Waals surface area contributed by atoms with Crippen molar-refractivity contribution in [3.63, 3.8) is 0 Å². The van der Waals surface area contributed by atoms with Crippen LogP contribution in [0.5, 0.6) is 0 Å². The second-order valence-corrected chi connectivity index (χ2v) is 6.95. The second kappa shape index (κ2) is 5.32. The third-order valence-electron chi connectivity index (χ3n) is 3.14. The summed E-state index contributed by atoms with van der Waals surface area (Å²) in [7, 11) is 0. The molecule has 0 spiro atoms. The number of rotatable bonds is 5. The van der Waals surface area contributed by atoms with E-state index in [2.05, 4.69) is 44.3 Å². The van der Waals surface area contributed by atoms with Gasteiger partial charge >= 0.3 is 5.97 Å². The molecule has 6 heteroatoms. The highest BCUT2D eigenvalue weighted by Gasteiger charge is 2.24. The van der Waals surface area contributed by atoms with Gasteiger partial charge in [0.15, 0.2) is 5.16 Å². The number of imidazole rings is 1. The zero-order valence-electron chi connectivity index (χ0n) is 10.2. The Hall–Kier alpha value is -0.760. The summed E-state index contributed by atoms with van der Waals surface area (Å²) in [4.78, 5) is 15.3. The van der Waals surface area contributed by atoms with Crippen LogP contribution in [-0.2, 0) is 11.3 Å². The third-order valence-corrected chi connectivity index (χ3v) is 4.77. The molecule has 0 unspecified atom stereocenters. The molecule has 1 saturated carbocycles. The predicted molar refractivity (Wildman–Crippen MR) is 83.5 cm³/mol. The summed E-state index contributed by atoms with van der Waals surface area (Å²) in [6.07, 6.45) is 2.54. The number of fused-ring (bicyclic) bond motifs is 1. The maximum atomic E-state index is 10.7. The fraction of sp³-hybridized carbons (Fsp3) is 0.385. The van der Waals surface area contributed by atoms with E-state index in [0.717, 1.165) is 32.2 Å². The molecule has 0 aliphatic heterocycles. The Morgan fingerprint density at radius 3 is 3.00 bits per heavy atom. The highest BCUT2D eigenvalue weighted by Crippen LogP contribution is 2.34. The molecule has 2 aromatic rings. The largest absolute Gasteiger partial charge is 0.481 e. The Kier molecular flexibility index (Phi) is 3.70. The third kappa shape index (κ3) is 3.05. The van der Waals surface area contributed by atoms with Crippen molar-refractivity contribution in [1.29, 1.82) is 0 Å². The first-order valence-corrected chi connectivity index (χ1v) is 8.20. The number of hydrogen-bond donors (Lipinski definition) is 1. The van der Waals surface area contributed by atoms with Crippen LogP contribution in [0, 0.1) is 9.49 Å². The van der Waals surface area contributed by atoms with E-state index < -0.39 is 5.97 Å². The average molecular weight is 388 g/mol. The van der Waals surface area contributed by atoms with Crippen LogP contribution in [0.1, 0.15) is 12.8 Å². The first kappa shape index (κ1) is 13.2. The van der Waals surface area contributed by atoms with Gasteiger partial charge in [-0.25, -0.2) is 4.98 Å². The number of carboxylic acid groups (broad SMARTS) is 1. The van der Waals surface area contributed by atoms with Gasteiger partial charge in [-0.3, -0.25) is 4.79 Å². The molecule has 1 N–H and O–H groups in total. The van der Waals surface area contributed by atoms with Crippen LogP contribution in [0.4, 0.5) is 0 Å². The Morgan fingerprint density at radius 2 is 2.32 bits per heavy atom. The number of carboxylic acids is 1. The van der Waals surface area contributed by atoms with E-state index >= 15 is 0 Å². The number of hydrogen-bond acceptors (Lipinski definition) is 3. The molecule has 0 atom stereocenters. The van der Waals surface area contributed by atoms with Crippen LogP contribution in [0.25, 0.3) is 11.0 Å². The normalized spacial score (nSPS) is 15.0. The van der Waals surface area contributed by atoms with Crippen molar-refractivity contribution in [2.24, 2.45) is 5.92 Å². The van der Waals surface area contributed by atoms with Gasteiger partial charge in [-0.05, 0) is 59.5 Å². The van der Waals surface area contributed by atoms with E-state index in [1.165, 1.54) is 24.6 Å². The predicted octanol–water partition coefficient (Wildman–Crippen LogP) is 3.23. The number of nitrogens with zero attached hydrogens (tertiary/aromatic N) is 2. The Labute approximate surface area is 128 Å². The molecular weight excluding hydrogens is 375 g/mol.